The Morgan fingerprint density at radius 3 is 2.27 bits per heavy atom. The molecule has 0 aromatic carbocycles. The third kappa shape index (κ3) is 1.54. The molecule has 1 aliphatic heterocycles. The van der Waals surface area contributed by atoms with Crippen LogP contribution in [0.4, 0.5) is 0 Å². The van der Waals surface area contributed by atoms with Crippen molar-refractivity contribution in [3.8, 4) is 0 Å². The quantitative estimate of drug-likeness (QED) is 0.400. The number of rotatable bonds is 0. The van der Waals surface area contributed by atoms with Crippen molar-refractivity contribution < 1.29 is 15.3 Å². The molecule has 0 aromatic rings. The van der Waals surface area contributed by atoms with E-state index in [0.717, 1.165) is 0 Å². The number of likely N-dealkylation sites (tertiary alicyclic amines) is 1. The first kappa shape index (κ1) is 8.93. The molecule has 1 fully saturated rings. The minimum absolute atomic E-state index is 0.0894. The van der Waals surface area contributed by atoms with Crippen molar-refractivity contribution in [2.75, 3.05) is 13.6 Å². The van der Waals surface area contributed by atoms with Crippen molar-refractivity contribution in [3.05, 3.63) is 0 Å². The molecule has 0 saturated carbocycles. The second-order valence-corrected chi connectivity index (χ2v) is 3.23. The van der Waals surface area contributed by atoms with Gasteiger partial charge in [-0.1, -0.05) is 0 Å². The lowest BCUT2D eigenvalue weighted by molar-refractivity contribution is -0.127. The van der Waals surface area contributed by atoms with E-state index in [4.69, 9.17) is 0 Å². The SMILES string of the molecule is CC1[C@@H](O)C(O)C(O)CN1C. The number of likely N-dealkylation sites (N-methyl/N-ethyl adjacent to an activating group) is 1. The summed E-state index contributed by atoms with van der Waals surface area (Å²) in [5, 5.41) is 27.7. The molecule has 0 bridgehead atoms. The predicted molar refractivity (Wildman–Crippen MR) is 40.1 cm³/mol. The standard InChI is InChI=1S/C7H15NO3/c1-4-6(10)7(11)5(9)3-8(4)2/h4-7,9-11H,3H2,1-2H3/t4?,5?,6-,7?/m1/s1. The van der Waals surface area contributed by atoms with Crippen LogP contribution < -0.4 is 0 Å². The summed E-state index contributed by atoms with van der Waals surface area (Å²) < 4.78 is 0. The van der Waals surface area contributed by atoms with Crippen molar-refractivity contribution in [1.82, 2.24) is 4.90 Å². The normalized spacial score (nSPS) is 47.7. The molecule has 4 nitrogen and oxygen atoms in total. The smallest absolute Gasteiger partial charge is 0.108 e. The fourth-order valence-electron chi connectivity index (χ4n) is 1.34. The zero-order chi connectivity index (χ0) is 8.59. The summed E-state index contributed by atoms with van der Waals surface area (Å²) in [7, 11) is 1.81. The van der Waals surface area contributed by atoms with Gasteiger partial charge in [0.15, 0.2) is 0 Å². The second-order valence-electron chi connectivity index (χ2n) is 3.23. The summed E-state index contributed by atoms with van der Waals surface area (Å²) >= 11 is 0. The molecule has 1 aliphatic rings. The highest BCUT2D eigenvalue weighted by Gasteiger charge is 2.36. The lowest BCUT2D eigenvalue weighted by Gasteiger charge is -2.40. The van der Waals surface area contributed by atoms with Gasteiger partial charge in [0.25, 0.3) is 0 Å². The highest BCUT2D eigenvalue weighted by Crippen LogP contribution is 2.16. The van der Waals surface area contributed by atoms with Gasteiger partial charge in [0, 0.05) is 12.6 Å². The summed E-state index contributed by atoms with van der Waals surface area (Å²) in [6.45, 7) is 2.24. The average molecular weight is 161 g/mol. The first-order valence-electron chi connectivity index (χ1n) is 3.78. The largest absolute Gasteiger partial charge is 0.389 e. The molecule has 1 saturated heterocycles. The molecule has 0 aliphatic carbocycles. The van der Waals surface area contributed by atoms with Crippen LogP contribution in [-0.4, -0.2) is 58.2 Å². The number of hydrogen-bond donors (Lipinski definition) is 3. The zero-order valence-electron chi connectivity index (χ0n) is 6.81. The number of β-amino-alcohol motifs (C(OH)–C–C–N with tert-alkyl or cyclic N) is 1. The first-order chi connectivity index (χ1) is 5.04. The lowest BCUT2D eigenvalue weighted by atomic mass is 9.96. The molecule has 66 valence electrons. The maximum absolute atomic E-state index is 9.34. The summed E-state index contributed by atoms with van der Waals surface area (Å²) in [5.41, 5.74) is 0. The summed E-state index contributed by atoms with van der Waals surface area (Å²) in [6, 6.07) is -0.0894. The molecule has 4 atom stereocenters. The fraction of sp³-hybridized carbons (Fsp3) is 1.00. The molecule has 0 aromatic heterocycles. The van der Waals surface area contributed by atoms with E-state index in [9.17, 15) is 15.3 Å². The molecule has 1 heterocycles. The molecule has 3 N–H and O–H groups in total. The monoisotopic (exact) mass is 161 g/mol. The van der Waals surface area contributed by atoms with Crippen molar-refractivity contribution in [1.29, 1.82) is 0 Å². The van der Waals surface area contributed by atoms with E-state index in [2.05, 4.69) is 0 Å². The van der Waals surface area contributed by atoms with E-state index in [1.54, 1.807) is 0 Å². The fourth-order valence-corrected chi connectivity index (χ4v) is 1.34. The van der Waals surface area contributed by atoms with E-state index in [0.29, 0.717) is 6.54 Å². The Labute approximate surface area is 66.1 Å². The second kappa shape index (κ2) is 3.06. The van der Waals surface area contributed by atoms with Crippen LogP contribution in [0.2, 0.25) is 0 Å². The van der Waals surface area contributed by atoms with E-state index in [-0.39, 0.29) is 6.04 Å². The predicted octanol–water partition coefficient (Wildman–Crippen LogP) is -1.60. The highest BCUT2D eigenvalue weighted by atomic mass is 16.4. The Morgan fingerprint density at radius 2 is 1.73 bits per heavy atom. The molecule has 3 unspecified atom stereocenters. The molecule has 0 amide bonds. The van der Waals surface area contributed by atoms with Crippen molar-refractivity contribution in [2.45, 2.75) is 31.3 Å². The molecule has 0 spiro atoms. The number of piperidine rings is 1. The Balaban J connectivity index is 2.63. The number of nitrogens with zero attached hydrogens (tertiary/aromatic N) is 1. The maximum Gasteiger partial charge on any atom is 0.108 e. The molecule has 1 rings (SSSR count). The number of aliphatic hydroxyl groups is 3. The van der Waals surface area contributed by atoms with E-state index >= 15 is 0 Å². The third-order valence-electron chi connectivity index (χ3n) is 2.41. The van der Waals surface area contributed by atoms with Crippen LogP contribution in [0.3, 0.4) is 0 Å². The molecule has 11 heavy (non-hydrogen) atoms. The van der Waals surface area contributed by atoms with Gasteiger partial charge in [-0.05, 0) is 14.0 Å². The van der Waals surface area contributed by atoms with Gasteiger partial charge in [-0.3, -0.25) is 4.90 Å². The summed E-state index contributed by atoms with van der Waals surface area (Å²) in [4.78, 5) is 1.82. The number of aliphatic hydroxyl groups excluding tert-OH is 3. The van der Waals surface area contributed by atoms with Gasteiger partial charge in [-0.2, -0.15) is 0 Å². The minimum atomic E-state index is -0.999. The van der Waals surface area contributed by atoms with Crippen LogP contribution in [0.1, 0.15) is 6.92 Å². The van der Waals surface area contributed by atoms with Gasteiger partial charge in [0.1, 0.15) is 6.10 Å². The van der Waals surface area contributed by atoms with Gasteiger partial charge < -0.3 is 15.3 Å². The van der Waals surface area contributed by atoms with Gasteiger partial charge in [0.05, 0.1) is 12.2 Å². The van der Waals surface area contributed by atoms with Crippen LogP contribution in [0.5, 0.6) is 0 Å². The van der Waals surface area contributed by atoms with Crippen LogP contribution in [0, 0.1) is 0 Å². The van der Waals surface area contributed by atoms with Gasteiger partial charge in [-0.25, -0.2) is 0 Å². The van der Waals surface area contributed by atoms with Crippen molar-refractivity contribution in [2.24, 2.45) is 0 Å². The highest BCUT2D eigenvalue weighted by molar-refractivity contribution is 4.90. The van der Waals surface area contributed by atoms with Crippen LogP contribution in [0.15, 0.2) is 0 Å². The van der Waals surface area contributed by atoms with Gasteiger partial charge in [0.2, 0.25) is 0 Å². The Kier molecular flexibility index (Phi) is 2.49. The molecular formula is C7H15NO3. The molecular weight excluding hydrogens is 146 g/mol. The van der Waals surface area contributed by atoms with Gasteiger partial charge in [-0.15, -0.1) is 0 Å². The Hall–Kier alpha value is -0.160. The Bertz CT molecular complexity index is 128. The van der Waals surface area contributed by atoms with Gasteiger partial charge >= 0.3 is 0 Å². The van der Waals surface area contributed by atoms with Crippen LogP contribution >= 0.6 is 0 Å². The molecule has 4 heteroatoms. The van der Waals surface area contributed by atoms with Crippen molar-refractivity contribution in [3.63, 3.8) is 0 Å². The Morgan fingerprint density at radius 1 is 1.18 bits per heavy atom. The average Bonchev–Trinajstić information content (AvgIpc) is 1.97. The maximum atomic E-state index is 9.34. The van der Waals surface area contributed by atoms with Crippen molar-refractivity contribution >= 4 is 0 Å². The number of hydrogen-bond acceptors (Lipinski definition) is 4. The third-order valence-corrected chi connectivity index (χ3v) is 2.41. The van der Waals surface area contributed by atoms with E-state index in [1.807, 2.05) is 18.9 Å². The minimum Gasteiger partial charge on any atom is -0.389 e. The lowest BCUT2D eigenvalue weighted by Crippen LogP contribution is -2.58. The first-order valence-corrected chi connectivity index (χ1v) is 3.78. The summed E-state index contributed by atoms with van der Waals surface area (Å²) in [5.74, 6) is 0. The topological polar surface area (TPSA) is 63.9 Å². The zero-order valence-corrected chi connectivity index (χ0v) is 6.81. The van der Waals surface area contributed by atoms with Crippen LogP contribution in [-0.2, 0) is 0 Å². The van der Waals surface area contributed by atoms with Crippen LogP contribution in [0.25, 0.3) is 0 Å². The molecule has 0 radical (unpaired) electrons. The van der Waals surface area contributed by atoms with E-state index < -0.39 is 18.3 Å². The summed E-state index contributed by atoms with van der Waals surface area (Å²) in [6.07, 6.45) is -2.67. The van der Waals surface area contributed by atoms with E-state index in [1.165, 1.54) is 0 Å².